The molecule has 1 rings (SSSR count). The summed E-state index contributed by atoms with van der Waals surface area (Å²) in [5, 5.41) is 46.8. The number of carboxylic acids is 1. The highest BCUT2D eigenvalue weighted by Crippen LogP contribution is 2.31. The van der Waals surface area contributed by atoms with Crippen LogP contribution in [0.5, 0.6) is 0 Å². The van der Waals surface area contributed by atoms with E-state index in [9.17, 15) is 30.0 Å². The lowest BCUT2D eigenvalue weighted by Gasteiger charge is -2.43. The van der Waals surface area contributed by atoms with E-state index < -0.39 is 48.4 Å². The van der Waals surface area contributed by atoms with Crippen molar-refractivity contribution in [2.24, 2.45) is 5.73 Å². The number of esters is 1. The number of carboxylic acid groups (broad SMARTS) is 1. The van der Waals surface area contributed by atoms with Crippen molar-refractivity contribution in [1.82, 2.24) is 0 Å². The summed E-state index contributed by atoms with van der Waals surface area (Å²) in [5.74, 6) is -6.54. The van der Waals surface area contributed by atoms with Gasteiger partial charge in [0, 0.05) is 5.75 Å². The van der Waals surface area contributed by atoms with Crippen LogP contribution in [0.4, 0.5) is 0 Å². The van der Waals surface area contributed by atoms with Crippen LogP contribution in [0.15, 0.2) is 0 Å². The molecular formula is C9H15NO9S. The lowest BCUT2D eigenvalue weighted by atomic mass is 9.95. The molecule has 1 aliphatic heterocycles. The second kappa shape index (κ2) is 6.22. The lowest BCUT2D eigenvalue weighted by Crippen LogP contribution is -2.69. The van der Waals surface area contributed by atoms with Crippen molar-refractivity contribution in [1.29, 1.82) is 0 Å². The van der Waals surface area contributed by atoms with Gasteiger partial charge < -0.3 is 36.0 Å². The highest BCUT2D eigenvalue weighted by molar-refractivity contribution is 7.80. The number of aliphatic hydroxyl groups is 4. The first-order valence-electron chi connectivity index (χ1n) is 5.40. The predicted molar refractivity (Wildman–Crippen MR) is 63.4 cm³/mol. The molecule has 0 aromatic rings. The van der Waals surface area contributed by atoms with E-state index in [1.54, 1.807) is 0 Å². The highest BCUT2D eigenvalue weighted by atomic mass is 32.1. The molecule has 0 spiro atoms. The van der Waals surface area contributed by atoms with E-state index in [2.05, 4.69) is 22.1 Å². The summed E-state index contributed by atoms with van der Waals surface area (Å²) in [4.78, 5) is 22.7. The third-order valence-corrected chi connectivity index (χ3v) is 3.09. The summed E-state index contributed by atoms with van der Waals surface area (Å²) in [7, 11) is 0. The van der Waals surface area contributed by atoms with Gasteiger partial charge in [-0.1, -0.05) is 0 Å². The molecule has 0 radical (unpaired) electrons. The molecule has 1 fully saturated rings. The third kappa shape index (κ3) is 2.88. The Kier molecular flexibility index (Phi) is 5.32. The Morgan fingerprint density at radius 1 is 1.30 bits per heavy atom. The van der Waals surface area contributed by atoms with Crippen molar-refractivity contribution in [2.45, 2.75) is 36.4 Å². The maximum Gasteiger partial charge on any atom is 0.380 e. The van der Waals surface area contributed by atoms with E-state index >= 15 is 0 Å². The van der Waals surface area contributed by atoms with Crippen LogP contribution in [0, 0.1) is 0 Å². The molecule has 0 aliphatic carbocycles. The molecule has 10 nitrogen and oxygen atoms in total. The van der Waals surface area contributed by atoms with Crippen LogP contribution in [0.1, 0.15) is 0 Å². The SMILES string of the molecule is NC(CS)C(=O)OC1(C(=O)O)OC(O)C(O)C(O)C1O. The van der Waals surface area contributed by atoms with Gasteiger partial charge in [-0.25, -0.2) is 4.79 Å². The van der Waals surface area contributed by atoms with Crippen LogP contribution in [-0.4, -0.2) is 79.7 Å². The molecule has 0 bridgehead atoms. The number of carbonyl (C=O) groups is 2. The van der Waals surface area contributed by atoms with E-state index in [1.807, 2.05) is 0 Å². The number of ether oxygens (including phenoxy) is 2. The molecule has 1 saturated heterocycles. The number of thiol groups is 1. The second-order valence-corrected chi connectivity index (χ2v) is 4.48. The fourth-order valence-corrected chi connectivity index (χ4v) is 1.65. The van der Waals surface area contributed by atoms with E-state index in [4.69, 9.17) is 10.8 Å². The minimum absolute atomic E-state index is 0.182. The van der Waals surface area contributed by atoms with Crippen LogP contribution in [0.2, 0.25) is 0 Å². The molecule has 6 atom stereocenters. The Bertz CT molecular complexity index is 392. The first kappa shape index (κ1) is 17.1. The van der Waals surface area contributed by atoms with Gasteiger partial charge in [-0.3, -0.25) is 9.53 Å². The monoisotopic (exact) mass is 313 g/mol. The van der Waals surface area contributed by atoms with Crippen molar-refractivity contribution in [3.05, 3.63) is 0 Å². The van der Waals surface area contributed by atoms with Crippen LogP contribution < -0.4 is 5.73 Å². The number of aliphatic hydroxyl groups excluding tert-OH is 4. The molecule has 6 unspecified atom stereocenters. The van der Waals surface area contributed by atoms with Gasteiger partial charge in [-0.15, -0.1) is 0 Å². The zero-order valence-corrected chi connectivity index (χ0v) is 10.9. The maximum absolute atomic E-state index is 11.5. The van der Waals surface area contributed by atoms with Crippen LogP contribution >= 0.6 is 12.6 Å². The highest BCUT2D eigenvalue weighted by Gasteiger charge is 2.61. The summed E-state index contributed by atoms with van der Waals surface area (Å²) in [6, 6.07) is -1.31. The second-order valence-electron chi connectivity index (χ2n) is 4.12. The molecule has 1 heterocycles. The minimum atomic E-state index is -3.09. The number of carbonyl (C=O) groups excluding carboxylic acids is 1. The van der Waals surface area contributed by atoms with Gasteiger partial charge in [0.25, 0.3) is 0 Å². The van der Waals surface area contributed by atoms with E-state index in [-0.39, 0.29) is 5.75 Å². The topological polar surface area (TPSA) is 180 Å². The zero-order valence-electron chi connectivity index (χ0n) is 9.99. The molecule has 0 aromatic carbocycles. The number of hydrogen-bond donors (Lipinski definition) is 7. The van der Waals surface area contributed by atoms with Gasteiger partial charge in [-0.05, 0) is 0 Å². The summed E-state index contributed by atoms with van der Waals surface area (Å²) >= 11 is 3.71. The van der Waals surface area contributed by atoms with E-state index in [0.717, 1.165) is 0 Å². The van der Waals surface area contributed by atoms with Crippen molar-refractivity contribution in [3.8, 4) is 0 Å². The average Bonchev–Trinajstić information content (AvgIpc) is 2.40. The molecule has 11 heteroatoms. The van der Waals surface area contributed by atoms with Gasteiger partial charge >= 0.3 is 17.7 Å². The third-order valence-electron chi connectivity index (χ3n) is 2.70. The summed E-state index contributed by atoms with van der Waals surface area (Å²) in [6.45, 7) is 0. The fraction of sp³-hybridized carbons (Fsp3) is 0.778. The molecule has 116 valence electrons. The predicted octanol–water partition coefficient (Wildman–Crippen LogP) is -4.00. The molecule has 20 heavy (non-hydrogen) atoms. The van der Waals surface area contributed by atoms with E-state index in [1.165, 1.54) is 0 Å². The fourth-order valence-electron chi connectivity index (χ4n) is 1.50. The first-order chi connectivity index (χ1) is 9.17. The van der Waals surface area contributed by atoms with Crippen molar-refractivity contribution >= 4 is 24.6 Å². The van der Waals surface area contributed by atoms with E-state index in [0.29, 0.717) is 0 Å². The van der Waals surface area contributed by atoms with Crippen LogP contribution in [0.3, 0.4) is 0 Å². The van der Waals surface area contributed by atoms with Gasteiger partial charge in [0.15, 0.2) is 12.4 Å². The smallest absolute Gasteiger partial charge is 0.380 e. The quantitative estimate of drug-likeness (QED) is 0.200. The zero-order chi connectivity index (χ0) is 15.7. The summed E-state index contributed by atoms with van der Waals surface area (Å²) in [5.41, 5.74) is 5.28. The normalized spacial score (nSPS) is 39.1. The molecule has 0 saturated carbocycles. The number of hydrogen-bond acceptors (Lipinski definition) is 10. The Labute approximate surface area is 118 Å². The van der Waals surface area contributed by atoms with Crippen molar-refractivity contribution in [3.63, 3.8) is 0 Å². The van der Waals surface area contributed by atoms with Crippen molar-refractivity contribution < 1.29 is 44.6 Å². The Hall–Kier alpha value is -0.950. The summed E-state index contributed by atoms with van der Waals surface area (Å²) in [6.07, 6.45) is -8.62. The van der Waals surface area contributed by atoms with Gasteiger partial charge in [0.1, 0.15) is 18.2 Å². The van der Waals surface area contributed by atoms with Gasteiger partial charge in [0.05, 0.1) is 0 Å². The largest absolute Gasteiger partial charge is 0.476 e. The number of aliphatic carboxylic acids is 1. The molecule has 1 aliphatic rings. The Balaban J connectivity index is 3.09. The van der Waals surface area contributed by atoms with Crippen molar-refractivity contribution in [2.75, 3.05) is 5.75 Å². The lowest BCUT2D eigenvalue weighted by molar-refractivity contribution is -0.372. The number of rotatable bonds is 4. The average molecular weight is 313 g/mol. The molecule has 0 aromatic heterocycles. The van der Waals surface area contributed by atoms with Crippen LogP contribution in [-0.2, 0) is 19.1 Å². The molecule has 0 amide bonds. The van der Waals surface area contributed by atoms with Crippen LogP contribution in [0.25, 0.3) is 0 Å². The molecule has 7 N–H and O–H groups in total. The standard InChI is InChI=1S/C9H15NO9S/c10-2(1-20)6(14)18-9(8(16)17)5(13)3(11)4(12)7(15)19-9/h2-5,7,11-13,15,20H,1,10H2,(H,16,17). The molecular weight excluding hydrogens is 298 g/mol. The first-order valence-corrected chi connectivity index (χ1v) is 6.03. The minimum Gasteiger partial charge on any atom is -0.476 e. The maximum atomic E-state index is 11.5. The number of nitrogens with two attached hydrogens (primary N) is 1. The van der Waals surface area contributed by atoms with Gasteiger partial charge in [0.2, 0.25) is 0 Å². The van der Waals surface area contributed by atoms with Gasteiger partial charge in [-0.2, -0.15) is 12.6 Å². The summed E-state index contributed by atoms with van der Waals surface area (Å²) < 4.78 is 8.95. The Morgan fingerprint density at radius 3 is 2.30 bits per heavy atom. The Morgan fingerprint density at radius 2 is 1.85 bits per heavy atom.